The second kappa shape index (κ2) is 13.8. The second-order valence-corrected chi connectivity index (χ2v) is 9.08. The Morgan fingerprint density at radius 2 is 1.89 bits per heavy atom. The van der Waals surface area contributed by atoms with Gasteiger partial charge in [-0.15, -0.1) is 0 Å². The van der Waals surface area contributed by atoms with Gasteiger partial charge in [0, 0.05) is 30.5 Å². The molecule has 38 heavy (non-hydrogen) atoms. The highest BCUT2D eigenvalue weighted by Gasteiger charge is 2.33. The predicted molar refractivity (Wildman–Crippen MR) is 145 cm³/mol. The summed E-state index contributed by atoms with van der Waals surface area (Å²) in [5.41, 5.74) is 1.96. The zero-order chi connectivity index (χ0) is 26.7. The minimum Gasteiger partial charge on any atom is -0.490 e. The number of fused-ring (bicyclic) bond motifs is 1. The normalized spacial score (nSPS) is 17.3. The Morgan fingerprint density at radius 3 is 2.66 bits per heavy atom. The van der Waals surface area contributed by atoms with Crippen molar-refractivity contribution >= 4 is 16.9 Å². The summed E-state index contributed by atoms with van der Waals surface area (Å²) in [6.45, 7) is 6.14. The molecular formula is C30H35NO7. The number of rotatable bonds is 13. The van der Waals surface area contributed by atoms with Crippen molar-refractivity contribution in [2.45, 2.75) is 25.0 Å². The number of ether oxygens (including phenoxy) is 5. The molecule has 0 bridgehead atoms. The first-order chi connectivity index (χ1) is 18.6. The molecule has 1 aliphatic heterocycles. The van der Waals surface area contributed by atoms with E-state index in [0.717, 1.165) is 27.6 Å². The van der Waals surface area contributed by atoms with Gasteiger partial charge >= 0.3 is 6.09 Å². The molecule has 4 rings (SSSR count). The van der Waals surface area contributed by atoms with E-state index < -0.39 is 6.09 Å². The zero-order valence-corrected chi connectivity index (χ0v) is 21.7. The van der Waals surface area contributed by atoms with E-state index in [9.17, 15) is 9.90 Å². The molecule has 1 N–H and O–H groups in total. The molecule has 0 aromatic heterocycles. The van der Waals surface area contributed by atoms with Crippen molar-refractivity contribution in [3.8, 4) is 11.5 Å². The quantitative estimate of drug-likeness (QED) is 0.182. The lowest BCUT2D eigenvalue weighted by atomic mass is 9.87. The number of piperidine rings is 1. The van der Waals surface area contributed by atoms with Crippen LogP contribution in [0.1, 0.15) is 23.5 Å². The van der Waals surface area contributed by atoms with Crippen LogP contribution >= 0.6 is 0 Å². The average Bonchev–Trinajstić information content (AvgIpc) is 2.95. The highest BCUT2D eigenvalue weighted by Crippen LogP contribution is 2.35. The molecule has 1 aliphatic rings. The number of likely N-dealkylation sites (tertiary alicyclic amines) is 1. The Labute approximate surface area is 223 Å². The average molecular weight is 522 g/mol. The number of nitrogens with zero attached hydrogens (tertiary/aromatic N) is 1. The first-order valence-electron chi connectivity index (χ1n) is 12.7. The summed E-state index contributed by atoms with van der Waals surface area (Å²) in [6.07, 6.45) is 1.11. The number of carbonyl (C=O) groups is 1. The molecule has 3 aromatic rings. The summed E-state index contributed by atoms with van der Waals surface area (Å²) in [6, 6.07) is 19.9. The maximum atomic E-state index is 11.8. The van der Waals surface area contributed by atoms with Crippen molar-refractivity contribution < 1.29 is 33.6 Å². The molecule has 1 amide bonds. The van der Waals surface area contributed by atoms with Crippen LogP contribution in [0.15, 0.2) is 73.3 Å². The van der Waals surface area contributed by atoms with Gasteiger partial charge in [0.1, 0.15) is 18.1 Å². The Hall–Kier alpha value is -3.59. The summed E-state index contributed by atoms with van der Waals surface area (Å²) < 4.78 is 28.7. The van der Waals surface area contributed by atoms with E-state index in [1.807, 2.05) is 60.7 Å². The molecular weight excluding hydrogens is 486 g/mol. The molecule has 202 valence electrons. The van der Waals surface area contributed by atoms with Crippen molar-refractivity contribution in [2.24, 2.45) is 0 Å². The van der Waals surface area contributed by atoms with E-state index in [1.54, 1.807) is 13.2 Å². The van der Waals surface area contributed by atoms with E-state index in [-0.39, 0.29) is 25.4 Å². The Balaban J connectivity index is 1.53. The van der Waals surface area contributed by atoms with Gasteiger partial charge in [-0.3, -0.25) is 0 Å². The summed E-state index contributed by atoms with van der Waals surface area (Å²) in [7, 11) is 1.62. The minimum atomic E-state index is -0.937. The molecule has 1 saturated heterocycles. The lowest BCUT2D eigenvalue weighted by Gasteiger charge is -2.37. The maximum absolute atomic E-state index is 11.8. The van der Waals surface area contributed by atoms with Crippen LogP contribution in [0, 0.1) is 0 Å². The third-order valence-corrected chi connectivity index (χ3v) is 6.64. The van der Waals surface area contributed by atoms with Gasteiger partial charge < -0.3 is 33.7 Å². The third kappa shape index (κ3) is 7.04. The second-order valence-electron chi connectivity index (χ2n) is 9.08. The molecule has 0 saturated carbocycles. The third-order valence-electron chi connectivity index (χ3n) is 6.64. The Kier molecular flexibility index (Phi) is 9.97. The largest absolute Gasteiger partial charge is 0.490 e. The highest BCUT2D eigenvalue weighted by atomic mass is 16.7. The zero-order valence-electron chi connectivity index (χ0n) is 21.7. The van der Waals surface area contributed by atoms with Crippen LogP contribution in [0.25, 0.3) is 10.8 Å². The van der Waals surface area contributed by atoms with Crippen LogP contribution in [0.2, 0.25) is 0 Å². The molecule has 2 atom stereocenters. The highest BCUT2D eigenvalue weighted by molar-refractivity contribution is 5.89. The molecule has 8 nitrogen and oxygen atoms in total. The van der Waals surface area contributed by atoms with Gasteiger partial charge in [-0.2, -0.15) is 0 Å². The molecule has 3 aromatic carbocycles. The lowest BCUT2D eigenvalue weighted by Crippen LogP contribution is -2.46. The number of benzene rings is 3. The van der Waals surface area contributed by atoms with E-state index in [0.29, 0.717) is 45.1 Å². The van der Waals surface area contributed by atoms with Crippen molar-refractivity contribution in [1.29, 1.82) is 0 Å². The molecule has 0 radical (unpaired) electrons. The standard InChI is InChI=1S/C30H35NO7/c1-3-16-36-25-12-10-23(11-13-25)26-14-15-31(30(32)33)19-28(26)37-20-24-9-8-22-6-4-5-7-27(22)29(24)38-21-35-18-17-34-2/h3-13,26,28H,1,14-21H2,2H3,(H,32,33). The van der Waals surface area contributed by atoms with Crippen LogP contribution in [-0.4, -0.2) is 69.0 Å². The Bertz CT molecular complexity index is 1200. The first kappa shape index (κ1) is 27.4. The van der Waals surface area contributed by atoms with Crippen LogP contribution in [-0.2, 0) is 20.8 Å². The van der Waals surface area contributed by atoms with Gasteiger partial charge in [0.05, 0.1) is 32.5 Å². The van der Waals surface area contributed by atoms with Crippen molar-refractivity contribution in [2.75, 3.05) is 46.8 Å². The fraction of sp³-hybridized carbons (Fsp3) is 0.367. The van der Waals surface area contributed by atoms with Crippen LogP contribution in [0.5, 0.6) is 11.5 Å². The smallest absolute Gasteiger partial charge is 0.407 e. The molecule has 2 unspecified atom stereocenters. The van der Waals surface area contributed by atoms with Crippen molar-refractivity contribution in [3.63, 3.8) is 0 Å². The van der Waals surface area contributed by atoms with Gasteiger partial charge in [0.25, 0.3) is 0 Å². The topological polar surface area (TPSA) is 86.7 Å². The van der Waals surface area contributed by atoms with Gasteiger partial charge in [-0.25, -0.2) is 4.79 Å². The lowest BCUT2D eigenvalue weighted by molar-refractivity contribution is -0.0247. The van der Waals surface area contributed by atoms with Gasteiger partial charge in [-0.1, -0.05) is 61.2 Å². The van der Waals surface area contributed by atoms with Gasteiger partial charge in [-0.05, 0) is 29.5 Å². The van der Waals surface area contributed by atoms with Crippen LogP contribution < -0.4 is 9.47 Å². The van der Waals surface area contributed by atoms with E-state index in [1.165, 1.54) is 4.90 Å². The molecule has 1 heterocycles. The number of hydrogen-bond donors (Lipinski definition) is 1. The number of methoxy groups -OCH3 is 1. The number of carboxylic acid groups (broad SMARTS) is 1. The fourth-order valence-electron chi connectivity index (χ4n) is 4.68. The SMILES string of the molecule is C=CCOc1ccc(C2CCN(C(=O)O)CC2OCc2ccc3ccccc3c2OCOCCOC)cc1. The van der Waals surface area contributed by atoms with E-state index >= 15 is 0 Å². The first-order valence-corrected chi connectivity index (χ1v) is 12.7. The van der Waals surface area contributed by atoms with Crippen LogP contribution in [0.3, 0.4) is 0 Å². The monoisotopic (exact) mass is 521 g/mol. The number of amides is 1. The maximum Gasteiger partial charge on any atom is 0.407 e. The van der Waals surface area contributed by atoms with E-state index in [4.69, 9.17) is 23.7 Å². The van der Waals surface area contributed by atoms with E-state index in [2.05, 4.69) is 6.58 Å². The summed E-state index contributed by atoms with van der Waals surface area (Å²) in [5.74, 6) is 1.51. The van der Waals surface area contributed by atoms with Crippen molar-refractivity contribution in [1.82, 2.24) is 4.90 Å². The molecule has 0 aliphatic carbocycles. The predicted octanol–water partition coefficient (Wildman–Crippen LogP) is 5.46. The fourth-order valence-corrected chi connectivity index (χ4v) is 4.68. The Morgan fingerprint density at radius 1 is 1.08 bits per heavy atom. The summed E-state index contributed by atoms with van der Waals surface area (Å²) in [5, 5.41) is 11.7. The minimum absolute atomic E-state index is 0.0428. The number of hydrogen-bond acceptors (Lipinski definition) is 6. The van der Waals surface area contributed by atoms with Crippen molar-refractivity contribution in [3.05, 3.63) is 84.4 Å². The van der Waals surface area contributed by atoms with Crippen LogP contribution in [0.4, 0.5) is 4.79 Å². The molecule has 0 spiro atoms. The molecule has 1 fully saturated rings. The summed E-state index contributed by atoms with van der Waals surface area (Å²) >= 11 is 0. The summed E-state index contributed by atoms with van der Waals surface area (Å²) in [4.78, 5) is 13.2. The molecule has 8 heteroatoms. The van der Waals surface area contributed by atoms with Gasteiger partial charge in [0.15, 0.2) is 6.79 Å². The van der Waals surface area contributed by atoms with Gasteiger partial charge in [0.2, 0.25) is 0 Å².